The molecule has 0 unspecified atom stereocenters. The third kappa shape index (κ3) is 5.15. The van der Waals surface area contributed by atoms with Gasteiger partial charge in [0, 0.05) is 49.0 Å². The number of aromatic nitrogens is 4. The number of hydrogen-bond donors (Lipinski definition) is 0. The number of furan rings is 2. The Bertz CT molecular complexity index is 4230. The second-order valence-electron chi connectivity index (χ2n) is 16.4. The lowest BCUT2D eigenvalue weighted by Crippen LogP contribution is -2.04. The minimum atomic E-state index is 0.536. The van der Waals surface area contributed by atoms with Crippen LogP contribution in [-0.2, 0) is 0 Å². The molecule has 0 atom stereocenters. The molecule has 0 aliphatic heterocycles. The number of benzene rings is 10. The first-order valence-electron chi connectivity index (χ1n) is 21.2. The number of para-hydroxylation sites is 2. The molecule has 14 rings (SSSR count). The highest BCUT2D eigenvalue weighted by molar-refractivity contribution is 6.24. The summed E-state index contributed by atoms with van der Waals surface area (Å²) in [6.45, 7) is 0. The number of fused-ring (bicyclic) bond motifs is 13. The van der Waals surface area contributed by atoms with Crippen LogP contribution in [0.3, 0.4) is 0 Å². The van der Waals surface area contributed by atoms with Crippen LogP contribution in [0.5, 0.6) is 0 Å². The highest BCUT2D eigenvalue weighted by Gasteiger charge is 2.24. The standard InChI is InChI=1S/C57H32N4O2/c1-2-13-35-27-38(22-21-33(35)11-1)55-58-56(39-24-26-52-43(29-39)41-17-7-9-19-50(41)62-52)60-57(59-55)46-32-53-44(42-18-8-10-20-51(42)63-53)31-49(46)61-47-25-23-34-12-5-6-16-40(34)54(47)45-28-36-14-3-4-15-37(36)30-48(45)61/h1-32H. The molecule has 0 N–H and O–H groups in total. The Morgan fingerprint density at radius 3 is 1.62 bits per heavy atom. The van der Waals surface area contributed by atoms with Gasteiger partial charge in [0.25, 0.3) is 0 Å². The minimum Gasteiger partial charge on any atom is -0.456 e. The number of rotatable bonds is 4. The predicted octanol–water partition coefficient (Wildman–Crippen LogP) is 15.2. The molecule has 292 valence electrons. The van der Waals surface area contributed by atoms with Gasteiger partial charge < -0.3 is 13.4 Å². The first-order valence-corrected chi connectivity index (χ1v) is 21.2. The van der Waals surface area contributed by atoms with E-state index in [1.807, 2.05) is 42.5 Å². The maximum atomic E-state index is 6.64. The van der Waals surface area contributed by atoms with E-state index < -0.39 is 0 Å². The van der Waals surface area contributed by atoms with Gasteiger partial charge in [-0.15, -0.1) is 0 Å². The van der Waals surface area contributed by atoms with Crippen molar-refractivity contribution in [3.8, 4) is 39.9 Å². The average Bonchev–Trinajstić information content (AvgIpc) is 4.01. The second kappa shape index (κ2) is 12.9. The molecule has 4 aromatic heterocycles. The molecule has 0 amide bonds. The molecule has 0 saturated carbocycles. The topological polar surface area (TPSA) is 69.9 Å². The van der Waals surface area contributed by atoms with Crippen LogP contribution < -0.4 is 0 Å². The lowest BCUT2D eigenvalue weighted by atomic mass is 10.0. The van der Waals surface area contributed by atoms with Crippen molar-refractivity contribution in [2.45, 2.75) is 0 Å². The van der Waals surface area contributed by atoms with Gasteiger partial charge in [0.1, 0.15) is 22.3 Å². The van der Waals surface area contributed by atoms with Gasteiger partial charge >= 0.3 is 0 Å². The number of nitrogens with zero attached hydrogens (tertiary/aromatic N) is 4. The molecule has 0 aliphatic rings. The molecule has 0 aliphatic carbocycles. The van der Waals surface area contributed by atoms with Gasteiger partial charge in [0.05, 0.1) is 16.7 Å². The van der Waals surface area contributed by atoms with Crippen molar-refractivity contribution in [1.29, 1.82) is 0 Å². The van der Waals surface area contributed by atoms with Gasteiger partial charge in [-0.05, 0) is 99.0 Å². The van der Waals surface area contributed by atoms with Crippen molar-refractivity contribution in [3.05, 3.63) is 194 Å². The van der Waals surface area contributed by atoms with Gasteiger partial charge in [0.15, 0.2) is 17.5 Å². The summed E-state index contributed by atoms with van der Waals surface area (Å²) in [6.07, 6.45) is 0. The van der Waals surface area contributed by atoms with Crippen LogP contribution in [0.25, 0.3) is 138 Å². The van der Waals surface area contributed by atoms with Crippen molar-refractivity contribution in [3.63, 3.8) is 0 Å². The molecule has 10 aromatic carbocycles. The van der Waals surface area contributed by atoms with E-state index in [0.717, 1.165) is 93.4 Å². The van der Waals surface area contributed by atoms with Crippen molar-refractivity contribution in [1.82, 2.24) is 19.5 Å². The van der Waals surface area contributed by atoms with Crippen molar-refractivity contribution >= 4 is 98.0 Å². The fourth-order valence-corrected chi connectivity index (χ4v) is 9.80. The van der Waals surface area contributed by atoms with E-state index in [0.29, 0.717) is 17.5 Å². The largest absolute Gasteiger partial charge is 0.456 e. The predicted molar refractivity (Wildman–Crippen MR) is 258 cm³/mol. The molecular weight excluding hydrogens is 773 g/mol. The zero-order chi connectivity index (χ0) is 41.2. The maximum Gasteiger partial charge on any atom is 0.166 e. The van der Waals surface area contributed by atoms with Gasteiger partial charge in [0.2, 0.25) is 0 Å². The third-order valence-electron chi connectivity index (χ3n) is 12.8. The van der Waals surface area contributed by atoms with Gasteiger partial charge in [-0.25, -0.2) is 15.0 Å². The zero-order valence-electron chi connectivity index (χ0n) is 33.6. The van der Waals surface area contributed by atoms with Crippen LogP contribution in [0, 0.1) is 0 Å². The zero-order valence-corrected chi connectivity index (χ0v) is 33.6. The highest BCUT2D eigenvalue weighted by atomic mass is 16.3. The summed E-state index contributed by atoms with van der Waals surface area (Å²) in [5, 5.41) is 13.5. The Hall–Kier alpha value is -8.61. The summed E-state index contributed by atoms with van der Waals surface area (Å²) in [5.74, 6) is 1.67. The maximum absolute atomic E-state index is 6.64. The fourth-order valence-electron chi connectivity index (χ4n) is 9.80. The first-order chi connectivity index (χ1) is 31.2. The monoisotopic (exact) mass is 804 g/mol. The van der Waals surface area contributed by atoms with Crippen LogP contribution in [0.2, 0.25) is 0 Å². The minimum absolute atomic E-state index is 0.536. The lowest BCUT2D eigenvalue weighted by Gasteiger charge is -2.15. The summed E-state index contributed by atoms with van der Waals surface area (Å²) in [4.78, 5) is 16.1. The molecule has 63 heavy (non-hydrogen) atoms. The molecule has 0 bridgehead atoms. The lowest BCUT2D eigenvalue weighted by molar-refractivity contribution is 0.668. The Labute approximate surface area is 358 Å². The van der Waals surface area contributed by atoms with Crippen LogP contribution in [0.15, 0.2) is 203 Å². The first kappa shape index (κ1) is 34.1. The Balaban J connectivity index is 1.11. The van der Waals surface area contributed by atoms with Crippen molar-refractivity contribution in [2.24, 2.45) is 0 Å². The Morgan fingerprint density at radius 1 is 0.317 bits per heavy atom. The van der Waals surface area contributed by atoms with Crippen LogP contribution >= 0.6 is 0 Å². The molecule has 0 spiro atoms. The highest BCUT2D eigenvalue weighted by Crippen LogP contribution is 2.44. The molecule has 6 heteroatoms. The normalized spacial score (nSPS) is 12.1. The molecule has 14 aromatic rings. The quantitative estimate of drug-likeness (QED) is 0.177. The summed E-state index contributed by atoms with van der Waals surface area (Å²) in [7, 11) is 0. The van der Waals surface area contributed by atoms with Crippen LogP contribution in [0.4, 0.5) is 0 Å². The average molecular weight is 805 g/mol. The third-order valence-corrected chi connectivity index (χ3v) is 12.8. The van der Waals surface area contributed by atoms with Gasteiger partial charge in [-0.1, -0.05) is 127 Å². The number of hydrogen-bond acceptors (Lipinski definition) is 5. The molecule has 0 radical (unpaired) electrons. The van der Waals surface area contributed by atoms with E-state index in [4.69, 9.17) is 23.8 Å². The molecule has 6 nitrogen and oxygen atoms in total. The summed E-state index contributed by atoms with van der Waals surface area (Å²) in [6, 6.07) is 68.2. The summed E-state index contributed by atoms with van der Waals surface area (Å²) >= 11 is 0. The van der Waals surface area contributed by atoms with Crippen molar-refractivity contribution in [2.75, 3.05) is 0 Å². The van der Waals surface area contributed by atoms with E-state index in [-0.39, 0.29) is 0 Å². The SMILES string of the molecule is c1ccc2cc(-c3nc(-c4ccc5oc6ccccc6c5c4)nc(-c4cc5oc6ccccc6c5cc4-n4c5cc6ccccc6cc5c5c6ccccc6ccc54)n3)ccc2c1. The summed E-state index contributed by atoms with van der Waals surface area (Å²) in [5.41, 5.74) is 8.94. The van der Waals surface area contributed by atoms with E-state index in [1.54, 1.807) is 0 Å². The molecule has 0 saturated heterocycles. The van der Waals surface area contributed by atoms with Crippen molar-refractivity contribution < 1.29 is 8.83 Å². The molecular formula is C57H32N4O2. The van der Waals surface area contributed by atoms with Crippen LogP contribution in [-0.4, -0.2) is 19.5 Å². The summed E-state index contributed by atoms with van der Waals surface area (Å²) < 4.78 is 15.3. The molecule has 4 heterocycles. The van der Waals surface area contributed by atoms with E-state index in [1.165, 1.54) is 26.9 Å². The van der Waals surface area contributed by atoms with E-state index >= 15 is 0 Å². The Kier molecular flexibility index (Phi) is 7.02. The van der Waals surface area contributed by atoms with E-state index in [9.17, 15) is 0 Å². The van der Waals surface area contributed by atoms with Gasteiger partial charge in [-0.3, -0.25) is 0 Å². The Morgan fingerprint density at radius 2 is 0.857 bits per heavy atom. The second-order valence-corrected chi connectivity index (χ2v) is 16.4. The van der Waals surface area contributed by atoms with Gasteiger partial charge in [-0.2, -0.15) is 0 Å². The van der Waals surface area contributed by atoms with Crippen LogP contribution in [0.1, 0.15) is 0 Å². The fraction of sp³-hybridized carbons (Fsp3) is 0. The molecule has 0 fully saturated rings. The van der Waals surface area contributed by atoms with E-state index in [2.05, 4.69) is 156 Å². The smallest absolute Gasteiger partial charge is 0.166 e.